The molecule has 0 N–H and O–H groups in total. The van der Waals surface area contributed by atoms with Gasteiger partial charge in [-0.05, 0) is 6.42 Å². The molecule has 2 rings (SSSR count). The molecule has 24 heavy (non-hydrogen) atoms. The predicted molar refractivity (Wildman–Crippen MR) is 99.4 cm³/mol. The molecule has 1 aliphatic rings. The first-order valence-corrected chi connectivity index (χ1v) is 12.4. The van der Waals surface area contributed by atoms with Crippen LogP contribution in [0.4, 0.5) is 4.79 Å². The second-order valence-corrected chi connectivity index (χ2v) is 13.3. The van der Waals surface area contributed by atoms with Gasteiger partial charge in [0.15, 0.2) is 0 Å². The van der Waals surface area contributed by atoms with E-state index in [4.69, 9.17) is 9.47 Å². The standard InChI is InChI=1S/C17H26N2O3SSi/c1-17(2)14(8-6-7-11-24(3,4)5)21-12-15(17)22-16(20)23-19-10-9-18-13-19/h9-10,13-15H,6,8,12H2,1-5H3/t14-,15+/m1/s1. The summed E-state index contributed by atoms with van der Waals surface area (Å²) < 4.78 is 13.1. The first kappa shape index (κ1) is 19.1. The van der Waals surface area contributed by atoms with E-state index >= 15 is 0 Å². The van der Waals surface area contributed by atoms with Crippen molar-refractivity contribution in [2.45, 2.75) is 58.5 Å². The van der Waals surface area contributed by atoms with Crippen LogP contribution in [0.15, 0.2) is 18.7 Å². The van der Waals surface area contributed by atoms with Crippen LogP contribution in [0.3, 0.4) is 0 Å². The number of carbonyl (C=O) groups excluding carboxylic acids is 1. The zero-order chi connectivity index (χ0) is 17.8. The van der Waals surface area contributed by atoms with Crippen molar-refractivity contribution < 1.29 is 14.3 Å². The molecule has 1 saturated heterocycles. The molecule has 1 aromatic heterocycles. The average Bonchev–Trinajstić information content (AvgIpc) is 3.04. The lowest BCUT2D eigenvalue weighted by atomic mass is 9.81. The van der Waals surface area contributed by atoms with E-state index in [1.807, 2.05) is 0 Å². The van der Waals surface area contributed by atoms with Crippen molar-refractivity contribution >= 4 is 25.3 Å². The van der Waals surface area contributed by atoms with Crippen LogP contribution in [0.1, 0.15) is 26.7 Å². The fraction of sp³-hybridized carbons (Fsp3) is 0.647. The molecule has 0 saturated carbocycles. The number of ether oxygens (including phenoxy) is 2. The molecule has 1 aliphatic heterocycles. The molecule has 0 unspecified atom stereocenters. The molecule has 0 bridgehead atoms. The van der Waals surface area contributed by atoms with Gasteiger partial charge in [0.05, 0.1) is 24.7 Å². The summed E-state index contributed by atoms with van der Waals surface area (Å²) in [6.45, 7) is 11.3. The zero-order valence-electron chi connectivity index (χ0n) is 15.0. The molecular weight excluding hydrogens is 340 g/mol. The minimum atomic E-state index is -1.32. The maximum Gasteiger partial charge on any atom is 0.388 e. The molecule has 0 radical (unpaired) electrons. The van der Waals surface area contributed by atoms with Crippen LogP contribution in [0, 0.1) is 16.9 Å². The van der Waals surface area contributed by atoms with Crippen LogP contribution in [0.2, 0.25) is 19.6 Å². The molecule has 0 aromatic carbocycles. The SMILES string of the molecule is CC1(C)[C@@H](OC(=O)Sn2ccnc2)CO[C@@H]1CCC#C[Si](C)(C)C. The number of imidazole rings is 1. The summed E-state index contributed by atoms with van der Waals surface area (Å²) in [5, 5.41) is -0.339. The minimum Gasteiger partial charge on any atom is -0.450 e. The van der Waals surface area contributed by atoms with Crippen LogP contribution in [0.25, 0.3) is 0 Å². The summed E-state index contributed by atoms with van der Waals surface area (Å²) in [4.78, 5) is 16.0. The number of carbonyl (C=O) groups is 1. The second kappa shape index (κ2) is 7.77. The Morgan fingerprint density at radius 2 is 2.25 bits per heavy atom. The van der Waals surface area contributed by atoms with Gasteiger partial charge >= 0.3 is 5.30 Å². The molecule has 1 aromatic rings. The lowest BCUT2D eigenvalue weighted by molar-refractivity contribution is 0.0472. The van der Waals surface area contributed by atoms with Crippen molar-refractivity contribution in [1.82, 2.24) is 8.96 Å². The lowest BCUT2D eigenvalue weighted by Gasteiger charge is -2.29. The summed E-state index contributed by atoms with van der Waals surface area (Å²) in [5.74, 6) is 3.28. The summed E-state index contributed by atoms with van der Waals surface area (Å²) in [6, 6.07) is 0. The first-order valence-electron chi connectivity index (χ1n) is 8.17. The molecule has 132 valence electrons. The molecule has 2 atom stereocenters. The van der Waals surface area contributed by atoms with Gasteiger partial charge in [-0.1, -0.05) is 33.5 Å². The van der Waals surface area contributed by atoms with Crippen LogP contribution in [-0.4, -0.2) is 41.1 Å². The number of hydrogen-bond acceptors (Lipinski definition) is 5. The van der Waals surface area contributed by atoms with Gasteiger partial charge in [-0.25, -0.2) is 9.78 Å². The fourth-order valence-corrected chi connectivity index (χ4v) is 3.74. The Hall–Kier alpha value is -1.23. The molecule has 2 heterocycles. The van der Waals surface area contributed by atoms with Crippen molar-refractivity contribution in [2.75, 3.05) is 6.61 Å². The second-order valence-electron chi connectivity index (χ2n) is 7.60. The third-order valence-corrected chi connectivity index (χ3v) is 5.60. The van der Waals surface area contributed by atoms with Gasteiger partial charge in [0.1, 0.15) is 20.5 Å². The summed E-state index contributed by atoms with van der Waals surface area (Å²) in [6.07, 6.45) is 6.42. The molecule has 1 fully saturated rings. The molecule has 5 nitrogen and oxygen atoms in total. The Bertz CT molecular complexity index is 614. The molecule has 0 amide bonds. The molecule has 0 spiro atoms. The summed E-state index contributed by atoms with van der Waals surface area (Å²) in [7, 11) is -1.32. The van der Waals surface area contributed by atoms with Crippen LogP contribution in [-0.2, 0) is 9.47 Å². The first-order chi connectivity index (χ1) is 11.2. The van der Waals surface area contributed by atoms with Gasteiger partial charge in [0, 0.05) is 24.2 Å². The smallest absolute Gasteiger partial charge is 0.388 e. The number of hydrogen-bond donors (Lipinski definition) is 0. The van der Waals surface area contributed by atoms with Crippen molar-refractivity contribution in [2.24, 2.45) is 5.41 Å². The van der Waals surface area contributed by atoms with Gasteiger partial charge in [-0.2, -0.15) is 0 Å². The van der Waals surface area contributed by atoms with Crippen molar-refractivity contribution in [3.8, 4) is 11.5 Å². The van der Waals surface area contributed by atoms with E-state index in [-0.39, 0.29) is 22.9 Å². The lowest BCUT2D eigenvalue weighted by Crippen LogP contribution is -2.36. The van der Waals surface area contributed by atoms with E-state index in [1.165, 1.54) is 0 Å². The number of rotatable bonds is 4. The molecule has 7 heteroatoms. The maximum absolute atomic E-state index is 12.1. The highest BCUT2D eigenvalue weighted by molar-refractivity contribution is 8.11. The number of aromatic nitrogens is 2. The van der Waals surface area contributed by atoms with E-state index in [2.05, 4.69) is 49.9 Å². The number of nitrogens with zero attached hydrogens (tertiary/aromatic N) is 2. The Labute approximate surface area is 149 Å². The molecular formula is C17H26N2O3SSi. The van der Waals surface area contributed by atoms with E-state index < -0.39 is 8.07 Å². The quantitative estimate of drug-likeness (QED) is 0.458. The highest BCUT2D eigenvalue weighted by Crippen LogP contribution is 2.39. The third kappa shape index (κ3) is 5.40. The Balaban J connectivity index is 1.85. The van der Waals surface area contributed by atoms with E-state index in [0.29, 0.717) is 6.61 Å². The van der Waals surface area contributed by atoms with Gasteiger partial charge in [0.25, 0.3) is 0 Å². The Morgan fingerprint density at radius 3 is 2.88 bits per heavy atom. The van der Waals surface area contributed by atoms with E-state index in [9.17, 15) is 4.79 Å². The maximum atomic E-state index is 12.1. The van der Waals surface area contributed by atoms with Crippen molar-refractivity contribution in [1.29, 1.82) is 0 Å². The third-order valence-electron chi connectivity index (χ3n) is 4.00. The normalized spacial score (nSPS) is 22.7. The topological polar surface area (TPSA) is 53.4 Å². The zero-order valence-corrected chi connectivity index (χ0v) is 16.9. The monoisotopic (exact) mass is 366 g/mol. The Kier molecular flexibility index (Phi) is 6.18. The predicted octanol–water partition coefficient (Wildman–Crippen LogP) is 3.97. The van der Waals surface area contributed by atoms with E-state index in [0.717, 1.165) is 24.8 Å². The van der Waals surface area contributed by atoms with Gasteiger partial charge in [0.2, 0.25) is 0 Å². The largest absolute Gasteiger partial charge is 0.450 e. The van der Waals surface area contributed by atoms with Crippen LogP contribution in [0.5, 0.6) is 0 Å². The van der Waals surface area contributed by atoms with Gasteiger partial charge < -0.3 is 9.47 Å². The van der Waals surface area contributed by atoms with Crippen molar-refractivity contribution in [3.63, 3.8) is 0 Å². The highest BCUT2D eigenvalue weighted by atomic mass is 32.2. The Morgan fingerprint density at radius 1 is 1.50 bits per heavy atom. The van der Waals surface area contributed by atoms with Crippen molar-refractivity contribution in [3.05, 3.63) is 18.7 Å². The van der Waals surface area contributed by atoms with Crippen LogP contribution < -0.4 is 0 Å². The van der Waals surface area contributed by atoms with Gasteiger partial charge in [-0.15, -0.1) is 11.5 Å². The fourth-order valence-electron chi connectivity index (χ4n) is 2.54. The average molecular weight is 367 g/mol. The summed E-state index contributed by atoms with van der Waals surface area (Å²) in [5.41, 5.74) is 3.16. The van der Waals surface area contributed by atoms with Gasteiger partial charge in [-0.3, -0.25) is 3.97 Å². The summed E-state index contributed by atoms with van der Waals surface area (Å²) >= 11 is 0.983. The van der Waals surface area contributed by atoms with E-state index in [1.54, 1.807) is 22.7 Å². The molecule has 0 aliphatic carbocycles. The van der Waals surface area contributed by atoms with Crippen LogP contribution >= 0.6 is 11.9 Å². The highest BCUT2D eigenvalue weighted by Gasteiger charge is 2.46. The minimum absolute atomic E-state index is 0.0597.